The molecule has 0 aromatic heterocycles. The van der Waals surface area contributed by atoms with Crippen molar-refractivity contribution in [2.45, 2.75) is 118 Å². The smallest absolute Gasteiger partial charge is 0.0430 e. The van der Waals surface area contributed by atoms with Gasteiger partial charge in [-0.15, -0.1) is 0 Å². The summed E-state index contributed by atoms with van der Waals surface area (Å²) in [6, 6.07) is 7.45. The number of likely N-dealkylation sites (N-methyl/N-ethyl adjacent to an activating group) is 2. The molecule has 0 N–H and O–H groups in total. The highest BCUT2D eigenvalue weighted by atomic mass is 35.5. The molecular weight excluding hydrogens is 532 g/mol. The summed E-state index contributed by atoms with van der Waals surface area (Å²) in [6.07, 6.45) is 10.1. The molecule has 2 aromatic rings. The number of hydrogen-bond donors (Lipinski definition) is 0. The number of fused-ring (bicyclic) bond motifs is 1. The maximum absolute atomic E-state index is 7.21. The first-order valence-corrected chi connectivity index (χ1v) is 16.3. The van der Waals surface area contributed by atoms with Crippen LogP contribution in [0, 0.1) is 41.5 Å². The van der Waals surface area contributed by atoms with Crippen LogP contribution in [0.2, 0.25) is 0 Å². The molecule has 42 heavy (non-hydrogen) atoms. The van der Waals surface area contributed by atoms with Gasteiger partial charge >= 0.3 is 0 Å². The van der Waals surface area contributed by atoms with Gasteiger partial charge in [0.1, 0.15) is 0 Å². The molecule has 1 unspecified atom stereocenters. The zero-order valence-corrected chi connectivity index (χ0v) is 29.5. The number of nitrogens with zero attached hydrogens (tertiary/aromatic N) is 2. The van der Waals surface area contributed by atoms with Crippen LogP contribution in [0.25, 0.3) is 0 Å². The van der Waals surface area contributed by atoms with Crippen molar-refractivity contribution >= 4 is 17.3 Å². The van der Waals surface area contributed by atoms with Crippen LogP contribution in [0.4, 0.5) is 5.69 Å². The number of benzene rings is 2. The van der Waals surface area contributed by atoms with Gasteiger partial charge in [0.2, 0.25) is 0 Å². The van der Waals surface area contributed by atoms with Gasteiger partial charge in [0.05, 0.1) is 0 Å². The average Bonchev–Trinajstić information content (AvgIpc) is 3.09. The Balaban J connectivity index is 1.61. The quantitative estimate of drug-likeness (QED) is 0.318. The molecule has 2 aliphatic rings. The number of allylic oxidation sites excluding steroid dienone is 6. The molecule has 1 heterocycles. The van der Waals surface area contributed by atoms with Crippen molar-refractivity contribution < 1.29 is 0 Å². The van der Waals surface area contributed by atoms with Crippen LogP contribution in [0.1, 0.15) is 104 Å². The molecule has 2 nitrogen and oxygen atoms in total. The van der Waals surface area contributed by atoms with Crippen LogP contribution < -0.4 is 4.90 Å². The Labute approximate surface area is 262 Å². The van der Waals surface area contributed by atoms with Gasteiger partial charge in [0.25, 0.3) is 0 Å². The van der Waals surface area contributed by atoms with E-state index in [9.17, 15) is 0 Å². The van der Waals surface area contributed by atoms with Gasteiger partial charge in [0, 0.05) is 54.4 Å². The molecule has 0 bridgehead atoms. The second-order valence-corrected chi connectivity index (χ2v) is 14.8. The predicted octanol–water partition coefficient (Wildman–Crippen LogP) is 10.4. The summed E-state index contributed by atoms with van der Waals surface area (Å²) in [5.41, 5.74) is 16.8. The lowest BCUT2D eigenvalue weighted by Gasteiger charge is -2.35. The summed E-state index contributed by atoms with van der Waals surface area (Å²) in [4.78, 5) is 4.82. The third kappa shape index (κ3) is 5.61. The van der Waals surface area contributed by atoms with Gasteiger partial charge in [-0.3, -0.25) is 0 Å². The van der Waals surface area contributed by atoms with E-state index in [0.717, 1.165) is 30.7 Å². The van der Waals surface area contributed by atoms with Gasteiger partial charge in [-0.05, 0) is 136 Å². The monoisotopic (exact) mass is 586 g/mol. The SMILES string of the molecule is Cc1ccc(C(C)(C)/C(=C/C=C2\CCCC(CCC3N(C)c4cc(C)c(C)c(C)c4C3(C)C)=C2Cl)N(C)C)c(C)c1C. The Hall–Kier alpha value is -2.45. The van der Waals surface area contributed by atoms with Crippen LogP contribution in [0.3, 0.4) is 0 Å². The second-order valence-electron chi connectivity index (χ2n) is 14.4. The maximum atomic E-state index is 7.21. The van der Waals surface area contributed by atoms with Crippen LogP contribution in [-0.2, 0) is 10.8 Å². The van der Waals surface area contributed by atoms with Crippen molar-refractivity contribution in [2.24, 2.45) is 0 Å². The third-order valence-electron chi connectivity index (χ3n) is 11.0. The molecule has 0 amide bonds. The summed E-state index contributed by atoms with van der Waals surface area (Å²) in [7, 11) is 6.62. The second kappa shape index (κ2) is 11.9. The fourth-order valence-corrected chi connectivity index (χ4v) is 8.38. The number of hydrogen-bond acceptors (Lipinski definition) is 2. The summed E-state index contributed by atoms with van der Waals surface area (Å²) in [5.74, 6) is 0. The van der Waals surface area contributed by atoms with E-state index < -0.39 is 0 Å². The van der Waals surface area contributed by atoms with Crippen LogP contribution in [0.5, 0.6) is 0 Å². The Morgan fingerprint density at radius 3 is 2.26 bits per heavy atom. The van der Waals surface area contributed by atoms with Crippen LogP contribution in [0.15, 0.2) is 52.2 Å². The Morgan fingerprint density at radius 2 is 1.62 bits per heavy atom. The molecule has 3 heteroatoms. The molecule has 1 atom stereocenters. The first-order chi connectivity index (χ1) is 19.5. The van der Waals surface area contributed by atoms with E-state index >= 15 is 0 Å². The first kappa shape index (κ1) is 32.5. The summed E-state index contributed by atoms with van der Waals surface area (Å²) < 4.78 is 0. The summed E-state index contributed by atoms with van der Waals surface area (Å²) in [5, 5.41) is 1.01. The molecule has 0 radical (unpaired) electrons. The Kier molecular flexibility index (Phi) is 9.21. The summed E-state index contributed by atoms with van der Waals surface area (Å²) in [6.45, 7) is 23.1. The topological polar surface area (TPSA) is 6.48 Å². The van der Waals surface area contributed by atoms with Crippen molar-refractivity contribution in [3.05, 3.63) is 96.7 Å². The van der Waals surface area contributed by atoms with Crippen molar-refractivity contribution in [1.82, 2.24) is 4.90 Å². The molecule has 1 aliphatic heterocycles. The highest BCUT2D eigenvalue weighted by Gasteiger charge is 2.44. The molecule has 0 fully saturated rings. The van der Waals surface area contributed by atoms with Crippen molar-refractivity contribution in [2.75, 3.05) is 26.0 Å². The highest BCUT2D eigenvalue weighted by molar-refractivity contribution is 6.32. The van der Waals surface area contributed by atoms with E-state index in [1.165, 1.54) is 73.5 Å². The van der Waals surface area contributed by atoms with E-state index in [1.54, 1.807) is 0 Å². The molecule has 0 saturated heterocycles. The molecule has 4 rings (SSSR count). The number of aryl methyl sites for hydroxylation is 2. The minimum absolute atomic E-state index is 0.106. The van der Waals surface area contributed by atoms with Crippen LogP contribution >= 0.6 is 11.6 Å². The van der Waals surface area contributed by atoms with Crippen molar-refractivity contribution in [3.8, 4) is 0 Å². The number of rotatable bonds is 7. The van der Waals surface area contributed by atoms with E-state index in [0.29, 0.717) is 6.04 Å². The molecule has 0 spiro atoms. The predicted molar refractivity (Wildman–Crippen MR) is 185 cm³/mol. The fraction of sp³-hybridized carbons (Fsp3) is 0.538. The fourth-order valence-electron chi connectivity index (χ4n) is 8.03. The highest BCUT2D eigenvalue weighted by Crippen LogP contribution is 2.49. The zero-order chi connectivity index (χ0) is 31.3. The van der Waals surface area contributed by atoms with Crippen molar-refractivity contribution in [3.63, 3.8) is 0 Å². The van der Waals surface area contributed by atoms with Crippen molar-refractivity contribution in [1.29, 1.82) is 0 Å². The van der Waals surface area contributed by atoms with Gasteiger partial charge in [-0.2, -0.15) is 0 Å². The lowest BCUT2D eigenvalue weighted by Crippen LogP contribution is -2.39. The molecule has 228 valence electrons. The van der Waals surface area contributed by atoms with Gasteiger partial charge in [0.15, 0.2) is 0 Å². The standard InChI is InChI=1S/C39H55ClN2/c1-24-17-20-32(28(5)26(24)3)38(7,8)34(41(11)12)21-18-30-15-14-16-31(37(30)40)19-22-35-39(9,10)36-29(6)27(4)25(2)23-33(36)42(35)13/h17-18,20-21,23,35H,14-16,19,22H2,1-13H3/b30-18+,34-21-. The normalized spacial score (nSPS) is 20.0. The molecule has 2 aromatic carbocycles. The van der Waals surface area contributed by atoms with Crippen LogP contribution in [-0.4, -0.2) is 32.1 Å². The molecular formula is C39H55ClN2. The maximum Gasteiger partial charge on any atom is 0.0430 e. The van der Waals surface area contributed by atoms with E-state index in [2.05, 4.69) is 131 Å². The average molecular weight is 587 g/mol. The minimum Gasteiger partial charge on any atom is -0.380 e. The zero-order valence-electron chi connectivity index (χ0n) is 28.8. The van der Waals surface area contributed by atoms with Gasteiger partial charge in [-0.1, -0.05) is 63.1 Å². The van der Waals surface area contributed by atoms with E-state index in [-0.39, 0.29) is 10.8 Å². The Morgan fingerprint density at radius 1 is 0.976 bits per heavy atom. The van der Waals surface area contributed by atoms with Gasteiger partial charge < -0.3 is 9.80 Å². The largest absolute Gasteiger partial charge is 0.380 e. The van der Waals surface area contributed by atoms with Gasteiger partial charge in [-0.25, -0.2) is 0 Å². The number of halogens is 1. The Bertz CT molecular complexity index is 1460. The first-order valence-electron chi connectivity index (χ1n) is 15.9. The molecule has 1 aliphatic carbocycles. The summed E-state index contributed by atoms with van der Waals surface area (Å²) >= 11 is 7.21. The lowest BCUT2D eigenvalue weighted by atomic mass is 9.75. The lowest BCUT2D eigenvalue weighted by molar-refractivity contribution is 0.402. The minimum atomic E-state index is -0.126. The third-order valence-corrected chi connectivity index (χ3v) is 11.5. The molecule has 0 saturated carbocycles. The van der Waals surface area contributed by atoms with E-state index in [4.69, 9.17) is 11.6 Å². The van der Waals surface area contributed by atoms with E-state index in [1.807, 2.05) is 0 Å². The number of anilines is 1.